The lowest BCUT2D eigenvalue weighted by molar-refractivity contribution is -0.136. The van der Waals surface area contributed by atoms with E-state index in [0.29, 0.717) is 13.0 Å². The van der Waals surface area contributed by atoms with Gasteiger partial charge in [-0.25, -0.2) is 13.2 Å². The molecule has 1 saturated heterocycles. The van der Waals surface area contributed by atoms with E-state index in [2.05, 4.69) is 0 Å². The normalized spacial score (nSPS) is 19.0. The van der Waals surface area contributed by atoms with E-state index in [4.69, 9.17) is 27.9 Å². The fourth-order valence-corrected chi connectivity index (χ4v) is 4.72. The van der Waals surface area contributed by atoms with Crippen molar-refractivity contribution in [1.29, 1.82) is 0 Å². The Morgan fingerprint density at radius 2 is 2.04 bits per heavy atom. The highest BCUT2D eigenvalue weighted by atomic mass is 35.5. The summed E-state index contributed by atoms with van der Waals surface area (Å²) in [5.41, 5.74) is 0.0726. The van der Waals surface area contributed by atoms with Gasteiger partial charge < -0.3 is 9.64 Å². The third-order valence-electron chi connectivity index (χ3n) is 3.81. The van der Waals surface area contributed by atoms with Gasteiger partial charge in [0.1, 0.15) is 0 Å². The van der Waals surface area contributed by atoms with Crippen LogP contribution in [0.3, 0.4) is 0 Å². The Balaban J connectivity index is 1.99. The van der Waals surface area contributed by atoms with Crippen LogP contribution in [-0.4, -0.2) is 55.9 Å². The zero-order chi connectivity index (χ0) is 17.9. The van der Waals surface area contributed by atoms with Crippen molar-refractivity contribution in [2.45, 2.75) is 19.4 Å². The second-order valence-electron chi connectivity index (χ2n) is 5.41. The smallest absolute Gasteiger partial charge is 0.340 e. The first-order chi connectivity index (χ1) is 11.2. The number of carbonyl (C=O) groups is 2. The van der Waals surface area contributed by atoms with Crippen LogP contribution in [0, 0.1) is 0 Å². The van der Waals surface area contributed by atoms with Crippen LogP contribution in [0.25, 0.3) is 0 Å². The fraction of sp³-hybridized carbons (Fsp3) is 0.467. The van der Waals surface area contributed by atoms with Gasteiger partial charge in [0.2, 0.25) is 0 Å². The molecule has 24 heavy (non-hydrogen) atoms. The summed E-state index contributed by atoms with van der Waals surface area (Å²) in [6.45, 7) is 1.61. The molecule has 0 saturated carbocycles. The highest BCUT2D eigenvalue weighted by Gasteiger charge is 2.34. The Hall–Kier alpha value is -1.31. The average molecular weight is 394 g/mol. The summed E-state index contributed by atoms with van der Waals surface area (Å²) in [6.07, 6.45) is 0.399. The summed E-state index contributed by atoms with van der Waals surface area (Å²) in [5.74, 6) is -1.18. The lowest BCUT2D eigenvalue weighted by Gasteiger charge is -2.26. The van der Waals surface area contributed by atoms with E-state index in [0.717, 1.165) is 0 Å². The molecule has 0 radical (unpaired) electrons. The van der Waals surface area contributed by atoms with Crippen molar-refractivity contribution in [2.75, 3.05) is 24.7 Å². The van der Waals surface area contributed by atoms with Crippen molar-refractivity contribution in [3.63, 3.8) is 0 Å². The molecule has 1 atom stereocenters. The van der Waals surface area contributed by atoms with Crippen molar-refractivity contribution < 1.29 is 22.7 Å². The predicted octanol–water partition coefficient (Wildman–Crippen LogP) is 2.19. The second kappa shape index (κ2) is 7.72. The highest BCUT2D eigenvalue weighted by Crippen LogP contribution is 2.26. The molecule has 0 aliphatic carbocycles. The number of halogens is 2. The van der Waals surface area contributed by atoms with Crippen molar-refractivity contribution in [3.8, 4) is 0 Å². The van der Waals surface area contributed by atoms with Gasteiger partial charge in [0.15, 0.2) is 16.4 Å². The minimum absolute atomic E-state index is 0.0549. The van der Waals surface area contributed by atoms with Gasteiger partial charge in [-0.05, 0) is 25.5 Å². The van der Waals surface area contributed by atoms with Crippen molar-refractivity contribution in [2.24, 2.45) is 0 Å². The molecule has 9 heteroatoms. The zero-order valence-electron chi connectivity index (χ0n) is 13.0. The van der Waals surface area contributed by atoms with Gasteiger partial charge in [0, 0.05) is 12.6 Å². The number of esters is 1. The standard InChI is InChI=1S/C15H17Cl2NO5S/c1-2-18(10-6-7-24(21,22)9-10)13(19)8-23-15(20)11-4-3-5-12(16)14(11)17/h3-5,10H,2,6-9H2,1H3/t10-/m1/s1. The maximum absolute atomic E-state index is 12.3. The largest absolute Gasteiger partial charge is 0.452 e. The van der Waals surface area contributed by atoms with Crippen LogP contribution in [0.15, 0.2) is 18.2 Å². The van der Waals surface area contributed by atoms with Crippen LogP contribution >= 0.6 is 23.2 Å². The van der Waals surface area contributed by atoms with E-state index in [9.17, 15) is 18.0 Å². The summed E-state index contributed by atoms with van der Waals surface area (Å²) in [7, 11) is -3.10. The monoisotopic (exact) mass is 393 g/mol. The first-order valence-electron chi connectivity index (χ1n) is 7.36. The van der Waals surface area contributed by atoms with Crippen molar-refractivity contribution in [1.82, 2.24) is 4.90 Å². The van der Waals surface area contributed by atoms with Gasteiger partial charge in [-0.15, -0.1) is 0 Å². The molecule has 6 nitrogen and oxygen atoms in total. The van der Waals surface area contributed by atoms with E-state index in [1.165, 1.54) is 17.0 Å². The molecule has 0 spiro atoms. The maximum Gasteiger partial charge on any atom is 0.340 e. The average Bonchev–Trinajstić information content (AvgIpc) is 2.88. The molecule has 0 aromatic heterocycles. The van der Waals surface area contributed by atoms with E-state index in [-0.39, 0.29) is 33.2 Å². The Morgan fingerprint density at radius 1 is 1.33 bits per heavy atom. The second-order valence-corrected chi connectivity index (χ2v) is 8.43. The quantitative estimate of drug-likeness (QED) is 0.716. The molecule has 132 valence electrons. The Kier molecular flexibility index (Phi) is 6.11. The number of sulfone groups is 1. The van der Waals surface area contributed by atoms with Gasteiger partial charge in [-0.3, -0.25) is 4.79 Å². The molecule has 1 aromatic rings. The number of nitrogens with zero attached hydrogens (tertiary/aromatic N) is 1. The predicted molar refractivity (Wildman–Crippen MR) is 91.2 cm³/mol. The fourth-order valence-electron chi connectivity index (χ4n) is 2.61. The summed E-state index contributed by atoms with van der Waals surface area (Å²) in [5, 5.41) is 0.273. The number of benzene rings is 1. The molecule has 1 aliphatic rings. The molecule has 1 amide bonds. The molecule has 0 N–H and O–H groups in total. The van der Waals surface area contributed by atoms with Crippen LogP contribution in [-0.2, 0) is 19.4 Å². The third kappa shape index (κ3) is 4.40. The first kappa shape index (κ1) is 19.0. The van der Waals surface area contributed by atoms with Gasteiger partial charge in [-0.1, -0.05) is 29.3 Å². The van der Waals surface area contributed by atoms with E-state index in [1.807, 2.05) is 0 Å². The van der Waals surface area contributed by atoms with Crippen LogP contribution in [0.5, 0.6) is 0 Å². The lowest BCUT2D eigenvalue weighted by Crippen LogP contribution is -2.43. The summed E-state index contributed by atoms with van der Waals surface area (Å²) < 4.78 is 28.1. The van der Waals surface area contributed by atoms with Crippen molar-refractivity contribution in [3.05, 3.63) is 33.8 Å². The molecule has 2 rings (SSSR count). The third-order valence-corrected chi connectivity index (χ3v) is 6.38. The molecule has 1 fully saturated rings. The van der Waals surface area contributed by atoms with Gasteiger partial charge >= 0.3 is 5.97 Å². The molecule has 1 aliphatic heterocycles. The first-order valence-corrected chi connectivity index (χ1v) is 9.94. The lowest BCUT2D eigenvalue weighted by atomic mass is 10.2. The SMILES string of the molecule is CCN(C(=O)COC(=O)c1cccc(Cl)c1Cl)[C@@H]1CCS(=O)(=O)C1. The minimum Gasteiger partial charge on any atom is -0.452 e. The van der Waals surface area contributed by atoms with Gasteiger partial charge in [0.25, 0.3) is 5.91 Å². The van der Waals surface area contributed by atoms with Crippen LogP contribution in [0.2, 0.25) is 10.0 Å². The van der Waals surface area contributed by atoms with Crippen LogP contribution < -0.4 is 0 Å². The van der Waals surface area contributed by atoms with E-state index < -0.39 is 28.3 Å². The number of rotatable bonds is 5. The molecule has 0 bridgehead atoms. The summed E-state index contributed by atoms with van der Waals surface area (Å²) >= 11 is 11.8. The minimum atomic E-state index is -3.10. The molecule has 1 heterocycles. The van der Waals surface area contributed by atoms with E-state index in [1.54, 1.807) is 13.0 Å². The Bertz CT molecular complexity index is 750. The number of carbonyl (C=O) groups excluding carboxylic acids is 2. The number of hydrogen-bond donors (Lipinski definition) is 0. The number of likely N-dealkylation sites (N-methyl/N-ethyl adjacent to an activating group) is 1. The number of hydrogen-bond acceptors (Lipinski definition) is 5. The van der Waals surface area contributed by atoms with Crippen molar-refractivity contribution >= 4 is 44.9 Å². The number of amides is 1. The van der Waals surface area contributed by atoms with Crippen LogP contribution in [0.1, 0.15) is 23.7 Å². The van der Waals surface area contributed by atoms with Gasteiger partial charge in [-0.2, -0.15) is 0 Å². The Morgan fingerprint density at radius 3 is 2.62 bits per heavy atom. The Labute approximate surface area is 150 Å². The highest BCUT2D eigenvalue weighted by molar-refractivity contribution is 7.91. The topological polar surface area (TPSA) is 80.8 Å². The van der Waals surface area contributed by atoms with Crippen LogP contribution in [0.4, 0.5) is 0 Å². The van der Waals surface area contributed by atoms with Gasteiger partial charge in [0.05, 0.1) is 27.1 Å². The molecule has 1 aromatic carbocycles. The zero-order valence-corrected chi connectivity index (χ0v) is 15.3. The van der Waals surface area contributed by atoms with E-state index >= 15 is 0 Å². The maximum atomic E-state index is 12.3. The number of ether oxygens (including phenoxy) is 1. The molecule has 0 unspecified atom stereocenters. The molecular weight excluding hydrogens is 377 g/mol. The summed E-state index contributed by atoms with van der Waals surface area (Å²) in [4.78, 5) is 25.7. The molecular formula is C15H17Cl2NO5S. The summed E-state index contributed by atoms with van der Waals surface area (Å²) in [6, 6.07) is 4.16.